The lowest BCUT2D eigenvalue weighted by Gasteiger charge is -2.63. The summed E-state index contributed by atoms with van der Waals surface area (Å²) in [5.41, 5.74) is -0.143. The molecule has 4 aliphatic rings. The fraction of sp³-hybridized carbons (Fsp3) is 0.958. The number of aliphatic carboxylic acids is 1. The van der Waals surface area contributed by atoms with Gasteiger partial charge >= 0.3 is 5.97 Å². The Balaban J connectivity index is 1.61. The smallest absolute Gasteiger partial charge is 0.303 e. The van der Waals surface area contributed by atoms with Crippen molar-refractivity contribution in [2.24, 2.45) is 46.3 Å². The molecule has 4 aliphatic carbocycles. The summed E-state index contributed by atoms with van der Waals surface area (Å²) in [6, 6.07) is 0. The predicted molar refractivity (Wildman–Crippen MR) is 110 cm³/mol. The van der Waals surface area contributed by atoms with Gasteiger partial charge in [-0.15, -0.1) is 0 Å². The Bertz CT molecular complexity index is 637. The number of aliphatic hydroxyl groups excluding tert-OH is 3. The van der Waals surface area contributed by atoms with Crippen molar-refractivity contribution in [2.45, 2.75) is 96.9 Å². The van der Waals surface area contributed by atoms with Gasteiger partial charge in [0, 0.05) is 6.42 Å². The van der Waals surface area contributed by atoms with E-state index in [-0.39, 0.29) is 41.3 Å². The zero-order chi connectivity index (χ0) is 21.1. The van der Waals surface area contributed by atoms with E-state index in [0.717, 1.165) is 44.9 Å². The van der Waals surface area contributed by atoms with Crippen LogP contribution in [0.1, 0.15) is 78.6 Å². The van der Waals surface area contributed by atoms with E-state index in [4.69, 9.17) is 5.11 Å². The molecular formula is C24H40O5. The van der Waals surface area contributed by atoms with E-state index in [2.05, 4.69) is 20.8 Å². The molecule has 166 valence electrons. The third kappa shape index (κ3) is 3.27. The molecule has 11 atom stereocenters. The average molecular weight is 409 g/mol. The lowest BCUT2D eigenvalue weighted by Crippen LogP contribution is -2.62. The summed E-state index contributed by atoms with van der Waals surface area (Å²) in [5, 5.41) is 42.0. The zero-order valence-electron chi connectivity index (χ0n) is 18.3. The van der Waals surface area contributed by atoms with Crippen molar-refractivity contribution in [3.8, 4) is 0 Å². The van der Waals surface area contributed by atoms with Crippen molar-refractivity contribution in [2.75, 3.05) is 0 Å². The van der Waals surface area contributed by atoms with Gasteiger partial charge in [-0.3, -0.25) is 4.79 Å². The van der Waals surface area contributed by atoms with Gasteiger partial charge in [-0.2, -0.15) is 0 Å². The molecule has 4 rings (SSSR count). The Hall–Kier alpha value is -0.650. The largest absolute Gasteiger partial charge is 0.481 e. The van der Waals surface area contributed by atoms with Crippen LogP contribution in [0, 0.1) is 46.3 Å². The van der Waals surface area contributed by atoms with Gasteiger partial charge in [0.25, 0.3) is 0 Å². The number of carboxylic acid groups (broad SMARTS) is 1. The highest BCUT2D eigenvalue weighted by atomic mass is 16.4. The van der Waals surface area contributed by atoms with Gasteiger partial charge in [0.2, 0.25) is 0 Å². The standard InChI is InChI=1S/C24H40O5/c1-13(4-7-21(28)29)16-5-6-17-22-18(12-20(27)24(16,17)3)23(2)9-8-15(25)10-14(23)11-19(22)26/h13-20,22,25-27H,4-12H2,1-3H3,(H,28,29)/t13?,14-,15-,16?,17+,18?,19+,20?,22+,23?,24?/m1/s1. The number of carbonyl (C=O) groups is 1. The molecule has 0 aliphatic heterocycles. The number of carboxylic acids is 1. The van der Waals surface area contributed by atoms with E-state index in [1.165, 1.54) is 0 Å². The van der Waals surface area contributed by atoms with Crippen LogP contribution in [0.15, 0.2) is 0 Å². The van der Waals surface area contributed by atoms with Crippen molar-refractivity contribution in [3.63, 3.8) is 0 Å². The second-order valence-electron chi connectivity index (χ2n) is 11.4. The van der Waals surface area contributed by atoms with Crippen LogP contribution in [0.3, 0.4) is 0 Å². The highest BCUT2D eigenvalue weighted by molar-refractivity contribution is 5.66. The lowest BCUT2D eigenvalue weighted by molar-refractivity contribution is -0.207. The maximum absolute atomic E-state index is 11.5. The SMILES string of the molecule is CC(CCC(=O)O)C1CC[C@H]2[C@H]3C(CC(O)C12C)C1(C)CC[C@@H](O)C[C@@H]1C[C@@H]3O. The van der Waals surface area contributed by atoms with E-state index >= 15 is 0 Å². The maximum Gasteiger partial charge on any atom is 0.303 e. The minimum absolute atomic E-state index is 0.0957. The molecule has 29 heavy (non-hydrogen) atoms. The molecule has 0 aromatic rings. The van der Waals surface area contributed by atoms with Gasteiger partial charge < -0.3 is 20.4 Å². The van der Waals surface area contributed by atoms with Gasteiger partial charge in [0.15, 0.2) is 0 Å². The van der Waals surface area contributed by atoms with Gasteiger partial charge in [-0.05, 0) is 97.7 Å². The molecule has 0 spiro atoms. The molecule has 0 bridgehead atoms. The van der Waals surface area contributed by atoms with Crippen LogP contribution in [0.25, 0.3) is 0 Å². The quantitative estimate of drug-likeness (QED) is 0.571. The first-order valence-electron chi connectivity index (χ1n) is 11.8. The lowest BCUT2D eigenvalue weighted by atomic mass is 9.43. The second kappa shape index (κ2) is 7.49. The van der Waals surface area contributed by atoms with Gasteiger partial charge in [-0.1, -0.05) is 20.8 Å². The summed E-state index contributed by atoms with van der Waals surface area (Å²) in [5.74, 6) is 0.997. The zero-order valence-corrected chi connectivity index (χ0v) is 18.3. The molecule has 6 unspecified atom stereocenters. The topological polar surface area (TPSA) is 98.0 Å². The molecule has 4 N–H and O–H groups in total. The summed E-state index contributed by atoms with van der Waals surface area (Å²) in [6.45, 7) is 6.72. The third-order valence-corrected chi connectivity index (χ3v) is 10.3. The highest BCUT2D eigenvalue weighted by Gasteiger charge is 2.65. The van der Waals surface area contributed by atoms with Gasteiger partial charge in [0.05, 0.1) is 18.3 Å². The Labute approximate surface area is 174 Å². The van der Waals surface area contributed by atoms with Crippen LogP contribution in [-0.2, 0) is 4.79 Å². The second-order valence-corrected chi connectivity index (χ2v) is 11.4. The molecule has 0 saturated heterocycles. The maximum atomic E-state index is 11.5. The van der Waals surface area contributed by atoms with Crippen molar-refractivity contribution in [1.29, 1.82) is 0 Å². The Morgan fingerprint density at radius 2 is 1.76 bits per heavy atom. The molecule has 5 heteroatoms. The van der Waals surface area contributed by atoms with E-state index in [0.29, 0.717) is 30.1 Å². The molecule has 0 aromatic carbocycles. The first-order chi connectivity index (χ1) is 13.6. The molecule has 0 radical (unpaired) electrons. The summed E-state index contributed by atoms with van der Waals surface area (Å²) < 4.78 is 0. The van der Waals surface area contributed by atoms with Crippen LogP contribution < -0.4 is 0 Å². The van der Waals surface area contributed by atoms with E-state index in [1.54, 1.807) is 0 Å². The molecule has 4 saturated carbocycles. The first kappa shape index (κ1) is 21.6. The van der Waals surface area contributed by atoms with Crippen molar-refractivity contribution < 1.29 is 25.2 Å². The average Bonchev–Trinajstić information content (AvgIpc) is 3.01. The Morgan fingerprint density at radius 1 is 1.03 bits per heavy atom. The highest BCUT2D eigenvalue weighted by Crippen LogP contribution is 2.68. The molecule has 0 aromatic heterocycles. The van der Waals surface area contributed by atoms with E-state index in [9.17, 15) is 20.1 Å². The monoisotopic (exact) mass is 408 g/mol. The number of fused-ring (bicyclic) bond motifs is 5. The minimum Gasteiger partial charge on any atom is -0.481 e. The fourth-order valence-electron chi connectivity index (χ4n) is 8.68. The number of hydrogen-bond donors (Lipinski definition) is 4. The molecule has 0 heterocycles. The van der Waals surface area contributed by atoms with Crippen LogP contribution >= 0.6 is 0 Å². The number of rotatable bonds is 4. The van der Waals surface area contributed by atoms with Crippen LogP contribution in [-0.4, -0.2) is 44.7 Å². The first-order valence-corrected chi connectivity index (χ1v) is 11.8. The van der Waals surface area contributed by atoms with Crippen LogP contribution in [0.2, 0.25) is 0 Å². The molecular weight excluding hydrogens is 368 g/mol. The fourth-order valence-corrected chi connectivity index (χ4v) is 8.68. The van der Waals surface area contributed by atoms with Crippen molar-refractivity contribution in [1.82, 2.24) is 0 Å². The summed E-state index contributed by atoms with van der Waals surface area (Å²) in [6.07, 6.45) is 6.00. The normalized spacial score (nSPS) is 52.9. The Kier molecular flexibility index (Phi) is 5.57. The van der Waals surface area contributed by atoms with Crippen molar-refractivity contribution >= 4 is 5.97 Å². The summed E-state index contributed by atoms with van der Waals surface area (Å²) in [4.78, 5) is 11.1. The predicted octanol–water partition coefficient (Wildman–Crippen LogP) is 3.45. The molecule has 4 fully saturated rings. The van der Waals surface area contributed by atoms with Crippen LogP contribution in [0.4, 0.5) is 0 Å². The minimum atomic E-state index is -0.748. The molecule has 0 amide bonds. The number of aliphatic hydroxyl groups is 3. The van der Waals surface area contributed by atoms with Crippen molar-refractivity contribution in [3.05, 3.63) is 0 Å². The summed E-state index contributed by atoms with van der Waals surface area (Å²) >= 11 is 0. The van der Waals surface area contributed by atoms with Gasteiger partial charge in [0.1, 0.15) is 0 Å². The summed E-state index contributed by atoms with van der Waals surface area (Å²) in [7, 11) is 0. The van der Waals surface area contributed by atoms with Gasteiger partial charge in [-0.25, -0.2) is 0 Å². The van der Waals surface area contributed by atoms with E-state index in [1.807, 2.05) is 0 Å². The van der Waals surface area contributed by atoms with E-state index < -0.39 is 12.1 Å². The molecule has 5 nitrogen and oxygen atoms in total. The third-order valence-electron chi connectivity index (χ3n) is 10.3. The number of hydrogen-bond acceptors (Lipinski definition) is 4. The van der Waals surface area contributed by atoms with Crippen LogP contribution in [0.5, 0.6) is 0 Å². The Morgan fingerprint density at radius 3 is 2.45 bits per heavy atom.